The first-order chi connectivity index (χ1) is 11.3. The Labute approximate surface area is 164 Å². The fraction of sp³-hybridized carbons (Fsp3) is 0.667. The Bertz CT molecular complexity index is 458. The van der Waals surface area contributed by atoms with E-state index in [2.05, 4.69) is 22.3 Å². The molecule has 1 aliphatic rings. The molecule has 0 saturated carbocycles. The maximum Gasteiger partial charge on any atom is 0.161 e. The van der Waals surface area contributed by atoms with Gasteiger partial charge in [-0.25, -0.2) is 0 Å². The maximum atomic E-state index is 5.67. The molecule has 0 amide bonds. The Hall–Kier alpha value is -0.720. The summed E-state index contributed by atoms with van der Waals surface area (Å²) in [6.07, 6.45) is 1.16. The molecule has 2 rings (SSSR count). The smallest absolute Gasteiger partial charge is 0.161 e. The minimum atomic E-state index is 0. The van der Waals surface area contributed by atoms with Crippen LogP contribution in [0.5, 0.6) is 11.5 Å². The normalized spacial score (nSPS) is 14.3. The molecular weight excluding hydrogens is 363 g/mol. The lowest BCUT2D eigenvalue weighted by atomic mass is 10.2. The van der Waals surface area contributed by atoms with Gasteiger partial charge >= 0.3 is 0 Å². The van der Waals surface area contributed by atoms with Crippen LogP contribution < -0.4 is 39.6 Å². The minimum absolute atomic E-state index is 0. The van der Waals surface area contributed by atoms with Gasteiger partial charge in [-0.15, -0.1) is 0 Å². The molecule has 1 aromatic rings. The lowest BCUT2D eigenvalue weighted by Crippen LogP contribution is -3.00. The van der Waals surface area contributed by atoms with E-state index >= 15 is 0 Å². The van der Waals surface area contributed by atoms with E-state index in [4.69, 9.17) is 14.2 Å². The van der Waals surface area contributed by atoms with E-state index in [1.807, 2.05) is 19.9 Å². The summed E-state index contributed by atoms with van der Waals surface area (Å²) in [5.74, 6) is 1.66. The molecule has 25 heavy (non-hydrogen) atoms. The van der Waals surface area contributed by atoms with E-state index in [9.17, 15) is 0 Å². The predicted molar refractivity (Wildman–Crippen MR) is 92.4 cm³/mol. The highest BCUT2D eigenvalue weighted by Crippen LogP contribution is 2.28. The Morgan fingerprint density at radius 3 is 2.40 bits per heavy atom. The van der Waals surface area contributed by atoms with E-state index in [0.717, 1.165) is 63.9 Å². The largest absolute Gasteiger partial charge is 1.00 e. The highest BCUT2D eigenvalue weighted by atomic mass is 35.5. The molecule has 0 aliphatic carbocycles. The van der Waals surface area contributed by atoms with Crippen molar-refractivity contribution in [3.63, 3.8) is 0 Å². The van der Waals surface area contributed by atoms with Crippen LogP contribution in [0.15, 0.2) is 18.2 Å². The minimum Gasteiger partial charge on any atom is -1.00 e. The number of benzene rings is 1. The number of halogens is 2. The van der Waals surface area contributed by atoms with Gasteiger partial charge in [0.05, 0.1) is 26.4 Å². The van der Waals surface area contributed by atoms with Gasteiger partial charge in [0.15, 0.2) is 11.5 Å². The molecule has 0 radical (unpaired) electrons. The van der Waals surface area contributed by atoms with Crippen molar-refractivity contribution in [3.8, 4) is 11.5 Å². The summed E-state index contributed by atoms with van der Waals surface area (Å²) in [4.78, 5) is 2.47. The first kappa shape index (κ1) is 24.3. The van der Waals surface area contributed by atoms with Crippen molar-refractivity contribution < 1.29 is 39.0 Å². The van der Waals surface area contributed by atoms with Gasteiger partial charge in [-0.2, -0.15) is 0 Å². The third-order valence-electron chi connectivity index (χ3n) is 3.87. The number of hydrogen-bond donors (Lipinski definition) is 1. The van der Waals surface area contributed by atoms with Crippen LogP contribution in [0, 0.1) is 0 Å². The zero-order valence-corrected chi connectivity index (χ0v) is 16.7. The molecule has 1 heterocycles. The second-order valence-corrected chi connectivity index (χ2v) is 5.63. The van der Waals surface area contributed by atoms with Crippen LogP contribution in [-0.4, -0.2) is 57.5 Å². The topological polar surface area (TPSA) is 43.0 Å². The number of nitrogens with zero attached hydrogens (tertiary/aromatic N) is 1. The monoisotopic (exact) mass is 392 g/mol. The average Bonchev–Trinajstić information content (AvgIpc) is 2.58. The van der Waals surface area contributed by atoms with Gasteiger partial charge in [0.2, 0.25) is 0 Å². The molecular formula is C18H30Cl2N2O3-2. The molecule has 5 nitrogen and oxygen atoms in total. The molecule has 1 aliphatic heterocycles. The molecule has 0 unspecified atom stereocenters. The van der Waals surface area contributed by atoms with E-state index < -0.39 is 0 Å². The standard InChI is InChI=1S/C18H30N2O3.2ClH/c1-3-22-17-7-6-16(14-18(17)23-4-2)15-19-8-5-9-20-10-12-21-13-11-20;;/h6-7,14,19H,3-5,8-13,15H2,1-2H3;2*1H/p-2. The van der Waals surface area contributed by atoms with Crippen molar-refractivity contribution in [3.05, 3.63) is 23.8 Å². The van der Waals surface area contributed by atoms with E-state index in [0.29, 0.717) is 13.2 Å². The van der Waals surface area contributed by atoms with Crippen LogP contribution >= 0.6 is 0 Å². The van der Waals surface area contributed by atoms with E-state index in [-0.39, 0.29) is 24.8 Å². The number of hydrogen-bond acceptors (Lipinski definition) is 5. The summed E-state index contributed by atoms with van der Waals surface area (Å²) < 4.78 is 16.6. The van der Waals surface area contributed by atoms with Gasteiger partial charge in [0.1, 0.15) is 0 Å². The highest BCUT2D eigenvalue weighted by molar-refractivity contribution is 5.43. The van der Waals surface area contributed by atoms with Gasteiger partial charge in [-0.1, -0.05) is 6.07 Å². The first-order valence-corrected chi connectivity index (χ1v) is 8.72. The number of rotatable bonds is 10. The fourth-order valence-electron chi connectivity index (χ4n) is 2.69. The van der Waals surface area contributed by atoms with Gasteiger partial charge in [0, 0.05) is 19.6 Å². The molecule has 1 N–H and O–H groups in total. The average molecular weight is 393 g/mol. The van der Waals surface area contributed by atoms with Crippen molar-refractivity contribution in [1.82, 2.24) is 10.2 Å². The molecule has 0 aromatic heterocycles. The lowest BCUT2D eigenvalue weighted by molar-refractivity contribution is -0.001000. The van der Waals surface area contributed by atoms with Crippen LogP contribution in [0.1, 0.15) is 25.8 Å². The second kappa shape index (κ2) is 14.4. The highest BCUT2D eigenvalue weighted by Gasteiger charge is 2.09. The molecule has 7 heteroatoms. The molecule has 1 fully saturated rings. The molecule has 146 valence electrons. The summed E-state index contributed by atoms with van der Waals surface area (Å²) in [6, 6.07) is 6.17. The van der Waals surface area contributed by atoms with E-state index in [1.54, 1.807) is 0 Å². The Morgan fingerprint density at radius 1 is 1.04 bits per heavy atom. The van der Waals surface area contributed by atoms with Crippen molar-refractivity contribution >= 4 is 0 Å². The molecule has 0 bridgehead atoms. The van der Waals surface area contributed by atoms with Gasteiger partial charge < -0.3 is 44.3 Å². The summed E-state index contributed by atoms with van der Waals surface area (Å²) in [6.45, 7) is 12.2. The van der Waals surface area contributed by atoms with Crippen LogP contribution in [0.25, 0.3) is 0 Å². The van der Waals surface area contributed by atoms with Gasteiger partial charge in [-0.3, -0.25) is 4.90 Å². The number of morpholine rings is 1. The Morgan fingerprint density at radius 2 is 1.72 bits per heavy atom. The number of ether oxygens (including phenoxy) is 3. The summed E-state index contributed by atoms with van der Waals surface area (Å²) in [5, 5.41) is 3.51. The van der Waals surface area contributed by atoms with Crippen molar-refractivity contribution in [2.45, 2.75) is 26.8 Å². The quantitative estimate of drug-likeness (QED) is 0.415. The Balaban J connectivity index is 0.00000288. The zero-order valence-electron chi connectivity index (χ0n) is 15.2. The van der Waals surface area contributed by atoms with Crippen molar-refractivity contribution in [1.29, 1.82) is 0 Å². The van der Waals surface area contributed by atoms with Gasteiger partial charge in [-0.05, 0) is 51.1 Å². The summed E-state index contributed by atoms with van der Waals surface area (Å²) in [5.41, 5.74) is 1.23. The summed E-state index contributed by atoms with van der Waals surface area (Å²) in [7, 11) is 0. The van der Waals surface area contributed by atoms with E-state index in [1.165, 1.54) is 5.56 Å². The van der Waals surface area contributed by atoms with Crippen LogP contribution in [0.2, 0.25) is 0 Å². The Kier molecular flexibility index (Phi) is 14.0. The molecule has 1 aromatic carbocycles. The summed E-state index contributed by atoms with van der Waals surface area (Å²) >= 11 is 0. The maximum absolute atomic E-state index is 5.67. The second-order valence-electron chi connectivity index (χ2n) is 5.63. The van der Waals surface area contributed by atoms with Crippen LogP contribution in [0.4, 0.5) is 0 Å². The fourth-order valence-corrected chi connectivity index (χ4v) is 2.69. The lowest BCUT2D eigenvalue weighted by Gasteiger charge is -2.26. The van der Waals surface area contributed by atoms with Crippen LogP contribution in [-0.2, 0) is 11.3 Å². The van der Waals surface area contributed by atoms with Crippen molar-refractivity contribution in [2.75, 3.05) is 52.6 Å². The molecule has 0 spiro atoms. The third-order valence-corrected chi connectivity index (χ3v) is 3.87. The van der Waals surface area contributed by atoms with Crippen LogP contribution in [0.3, 0.4) is 0 Å². The predicted octanol–water partition coefficient (Wildman–Crippen LogP) is -3.70. The molecule has 1 saturated heterocycles. The molecule has 0 atom stereocenters. The van der Waals surface area contributed by atoms with Gasteiger partial charge in [0.25, 0.3) is 0 Å². The SMILES string of the molecule is CCOc1ccc(CNCCCN2CCOCC2)cc1OCC.[Cl-].[Cl-]. The zero-order chi connectivity index (χ0) is 16.3. The third kappa shape index (κ3) is 8.97. The van der Waals surface area contributed by atoms with Crippen molar-refractivity contribution in [2.24, 2.45) is 0 Å². The number of nitrogens with one attached hydrogen (secondary N) is 1. The first-order valence-electron chi connectivity index (χ1n) is 8.72.